The lowest BCUT2D eigenvalue weighted by molar-refractivity contribution is 0.0988. The number of pyridine rings is 1. The number of hydrogen-bond donors (Lipinski definition) is 1. The Morgan fingerprint density at radius 1 is 1.13 bits per heavy atom. The molecule has 1 aromatic heterocycles. The monoisotopic (exact) mass is 406 g/mol. The fraction of sp³-hybridized carbons (Fsp3) is 0.174. The third-order valence-corrected chi connectivity index (χ3v) is 4.86. The smallest absolute Gasteiger partial charge is 0.271 e. The number of aromatic hydroxyl groups is 1. The average Bonchev–Trinajstić information content (AvgIpc) is 2.73. The molecule has 152 valence electrons. The number of Topliss-reactive ketones (excluding diaryl/α,β-unsaturated/α-hetero) is 1. The van der Waals surface area contributed by atoms with E-state index in [-0.39, 0.29) is 29.7 Å². The second-order valence-electron chi connectivity index (χ2n) is 6.78. The fourth-order valence-electron chi connectivity index (χ4n) is 3.22. The van der Waals surface area contributed by atoms with Crippen LogP contribution in [-0.4, -0.2) is 22.6 Å². The maximum absolute atomic E-state index is 13.2. The predicted molar refractivity (Wildman–Crippen MR) is 108 cm³/mol. The number of ketones is 1. The second kappa shape index (κ2) is 8.62. The first-order chi connectivity index (χ1) is 14.3. The highest BCUT2D eigenvalue weighted by Crippen LogP contribution is 2.25. The normalized spacial score (nSPS) is 10.5. The Kier molecular flexibility index (Phi) is 5.98. The summed E-state index contributed by atoms with van der Waals surface area (Å²) < 4.78 is 19.2. The number of halogens is 1. The number of benzene rings is 2. The zero-order chi connectivity index (χ0) is 21.8. The number of aromatic nitrogens is 1. The Labute approximate surface area is 172 Å². The van der Waals surface area contributed by atoms with Crippen molar-refractivity contribution in [1.29, 1.82) is 5.26 Å². The molecule has 0 unspecified atom stereocenters. The Hall–Kier alpha value is -3.92. The van der Waals surface area contributed by atoms with E-state index in [1.54, 1.807) is 24.3 Å². The first-order valence-electron chi connectivity index (χ1n) is 9.12. The van der Waals surface area contributed by atoms with Gasteiger partial charge in [-0.2, -0.15) is 5.26 Å². The van der Waals surface area contributed by atoms with Crippen molar-refractivity contribution in [3.63, 3.8) is 0 Å². The minimum Gasteiger partial charge on any atom is -0.497 e. The van der Waals surface area contributed by atoms with Crippen LogP contribution in [0.25, 0.3) is 0 Å². The number of hydrogen-bond acceptors (Lipinski definition) is 5. The van der Waals surface area contributed by atoms with Crippen LogP contribution >= 0.6 is 0 Å². The molecule has 0 aliphatic carbocycles. The first kappa shape index (κ1) is 20.8. The van der Waals surface area contributed by atoms with Gasteiger partial charge in [0.25, 0.3) is 5.56 Å². The molecule has 6 nitrogen and oxygen atoms in total. The third kappa shape index (κ3) is 4.08. The van der Waals surface area contributed by atoms with Crippen molar-refractivity contribution < 1.29 is 19.0 Å². The van der Waals surface area contributed by atoms with E-state index in [1.807, 2.05) is 6.07 Å². The Balaban J connectivity index is 2.04. The van der Waals surface area contributed by atoms with Crippen LogP contribution in [0.15, 0.2) is 53.3 Å². The fourth-order valence-corrected chi connectivity index (χ4v) is 3.22. The molecule has 0 saturated heterocycles. The Morgan fingerprint density at radius 2 is 1.73 bits per heavy atom. The van der Waals surface area contributed by atoms with Crippen LogP contribution in [0.4, 0.5) is 4.39 Å². The molecule has 0 aliphatic rings. The van der Waals surface area contributed by atoms with Crippen LogP contribution in [-0.2, 0) is 13.0 Å². The topological polar surface area (TPSA) is 92.3 Å². The van der Waals surface area contributed by atoms with E-state index in [4.69, 9.17) is 4.74 Å². The first-order valence-corrected chi connectivity index (χ1v) is 9.12. The predicted octanol–water partition coefficient (Wildman–Crippen LogP) is 3.36. The minimum atomic E-state index is -0.710. The van der Waals surface area contributed by atoms with Crippen LogP contribution in [0.3, 0.4) is 0 Å². The number of carbonyl (C=O) groups is 1. The molecule has 0 atom stereocenters. The van der Waals surface area contributed by atoms with Crippen molar-refractivity contribution in [2.45, 2.75) is 19.9 Å². The highest BCUT2D eigenvalue weighted by molar-refractivity contribution is 6.01. The van der Waals surface area contributed by atoms with Crippen molar-refractivity contribution in [2.75, 3.05) is 7.11 Å². The quantitative estimate of drug-likeness (QED) is 0.634. The van der Waals surface area contributed by atoms with E-state index in [0.717, 1.165) is 4.57 Å². The lowest BCUT2D eigenvalue weighted by Crippen LogP contribution is -2.27. The molecule has 0 amide bonds. The zero-order valence-corrected chi connectivity index (χ0v) is 16.5. The second-order valence-corrected chi connectivity index (χ2v) is 6.78. The lowest BCUT2D eigenvalue weighted by Gasteiger charge is -2.16. The highest BCUT2D eigenvalue weighted by atomic mass is 19.1. The van der Waals surface area contributed by atoms with E-state index < -0.39 is 23.0 Å². The zero-order valence-electron chi connectivity index (χ0n) is 16.5. The molecule has 30 heavy (non-hydrogen) atoms. The van der Waals surface area contributed by atoms with E-state index in [9.17, 15) is 24.3 Å². The molecule has 0 bridgehead atoms. The summed E-state index contributed by atoms with van der Waals surface area (Å²) in [5.74, 6) is -0.740. The van der Waals surface area contributed by atoms with Crippen molar-refractivity contribution in [3.05, 3.63) is 92.5 Å². The van der Waals surface area contributed by atoms with Gasteiger partial charge in [-0.25, -0.2) is 4.39 Å². The van der Waals surface area contributed by atoms with Crippen LogP contribution in [0.5, 0.6) is 11.6 Å². The van der Waals surface area contributed by atoms with Gasteiger partial charge in [0, 0.05) is 6.42 Å². The molecule has 0 spiro atoms. The van der Waals surface area contributed by atoms with Gasteiger partial charge < -0.3 is 9.84 Å². The summed E-state index contributed by atoms with van der Waals surface area (Å²) in [5, 5.41) is 20.2. The van der Waals surface area contributed by atoms with Crippen molar-refractivity contribution in [1.82, 2.24) is 4.57 Å². The van der Waals surface area contributed by atoms with E-state index in [0.29, 0.717) is 16.9 Å². The van der Waals surface area contributed by atoms with Gasteiger partial charge in [0.15, 0.2) is 5.78 Å². The van der Waals surface area contributed by atoms with Crippen molar-refractivity contribution in [2.24, 2.45) is 0 Å². The van der Waals surface area contributed by atoms with Gasteiger partial charge in [0.1, 0.15) is 23.2 Å². The number of rotatable bonds is 6. The van der Waals surface area contributed by atoms with Crippen LogP contribution in [0.1, 0.15) is 32.6 Å². The summed E-state index contributed by atoms with van der Waals surface area (Å²) in [4.78, 5) is 25.7. The van der Waals surface area contributed by atoms with Gasteiger partial charge in [0.05, 0.1) is 19.2 Å². The third-order valence-electron chi connectivity index (χ3n) is 4.86. The summed E-state index contributed by atoms with van der Waals surface area (Å²) in [5.41, 5.74) is 0.355. The van der Waals surface area contributed by atoms with Gasteiger partial charge in [-0.1, -0.05) is 24.3 Å². The van der Waals surface area contributed by atoms with Crippen LogP contribution in [0.2, 0.25) is 0 Å². The van der Waals surface area contributed by atoms with Gasteiger partial charge in [0.2, 0.25) is 5.88 Å². The summed E-state index contributed by atoms with van der Waals surface area (Å²) in [7, 11) is 1.54. The standard InChI is InChI=1S/C23H19FN2O4/c1-14-19(12-25)22(28)26(13-16-3-7-17(24)8-4-16)23(29)21(14)20(27)11-15-5-9-18(30-2)10-6-15/h3-10,29H,11,13H2,1-2H3. The maximum Gasteiger partial charge on any atom is 0.271 e. The molecule has 7 heteroatoms. The molecule has 0 fully saturated rings. The lowest BCUT2D eigenvalue weighted by atomic mass is 9.97. The van der Waals surface area contributed by atoms with Gasteiger partial charge in [-0.15, -0.1) is 0 Å². The molecule has 0 aliphatic heterocycles. The highest BCUT2D eigenvalue weighted by Gasteiger charge is 2.24. The van der Waals surface area contributed by atoms with Gasteiger partial charge in [-0.05, 0) is 47.9 Å². The summed E-state index contributed by atoms with van der Waals surface area (Å²) in [6.07, 6.45) is -0.0297. The molecular weight excluding hydrogens is 387 g/mol. The van der Waals surface area contributed by atoms with Crippen LogP contribution < -0.4 is 10.3 Å². The maximum atomic E-state index is 13.2. The molecule has 2 aromatic carbocycles. The summed E-state index contributed by atoms with van der Waals surface area (Å²) >= 11 is 0. The Morgan fingerprint density at radius 3 is 2.30 bits per heavy atom. The summed E-state index contributed by atoms with van der Waals surface area (Å²) in [6.45, 7) is 1.35. The number of carbonyl (C=O) groups excluding carboxylic acids is 1. The van der Waals surface area contributed by atoms with Gasteiger partial charge >= 0.3 is 0 Å². The van der Waals surface area contributed by atoms with Crippen molar-refractivity contribution in [3.8, 4) is 17.7 Å². The SMILES string of the molecule is COc1ccc(CC(=O)c2c(C)c(C#N)c(=O)n(Cc3ccc(F)cc3)c2O)cc1. The summed E-state index contributed by atoms with van der Waals surface area (Å²) in [6, 6.07) is 14.1. The molecule has 3 rings (SSSR count). The number of nitriles is 1. The van der Waals surface area contributed by atoms with E-state index >= 15 is 0 Å². The molecule has 0 radical (unpaired) electrons. The number of nitrogens with zero attached hydrogens (tertiary/aromatic N) is 2. The van der Waals surface area contributed by atoms with Gasteiger partial charge in [-0.3, -0.25) is 14.2 Å². The average molecular weight is 406 g/mol. The molecule has 1 heterocycles. The Bertz CT molecular complexity index is 1190. The minimum absolute atomic E-state index is 0.0297. The largest absolute Gasteiger partial charge is 0.497 e. The number of methoxy groups -OCH3 is 1. The van der Waals surface area contributed by atoms with Crippen molar-refractivity contribution >= 4 is 5.78 Å². The van der Waals surface area contributed by atoms with Crippen LogP contribution in [0, 0.1) is 24.1 Å². The molecule has 3 aromatic rings. The van der Waals surface area contributed by atoms with E-state index in [2.05, 4.69) is 0 Å². The van der Waals surface area contributed by atoms with E-state index in [1.165, 1.54) is 38.3 Å². The number of ether oxygens (including phenoxy) is 1. The molecular formula is C23H19FN2O4. The molecule has 0 saturated carbocycles. The molecule has 1 N–H and O–H groups in total.